The van der Waals surface area contributed by atoms with Crippen molar-refractivity contribution in [1.82, 2.24) is 4.31 Å². The van der Waals surface area contributed by atoms with Gasteiger partial charge < -0.3 is 9.84 Å². The van der Waals surface area contributed by atoms with Gasteiger partial charge in [-0.2, -0.15) is 17.5 Å². The Balaban J connectivity index is 2.13. The lowest BCUT2D eigenvalue weighted by molar-refractivity contribution is -0.139. The summed E-state index contributed by atoms with van der Waals surface area (Å²) in [4.78, 5) is 11.3. The summed E-state index contributed by atoms with van der Waals surface area (Å²) in [6.45, 7) is 5.42. The third kappa shape index (κ3) is 7.65. The van der Waals surface area contributed by atoms with Crippen LogP contribution in [0.1, 0.15) is 31.4 Å². The maximum absolute atomic E-state index is 13.1. The van der Waals surface area contributed by atoms with Crippen LogP contribution in [-0.2, 0) is 21.0 Å². The molecule has 0 aliphatic carbocycles. The molecule has 0 saturated heterocycles. The molecule has 0 aliphatic heterocycles. The van der Waals surface area contributed by atoms with Crippen molar-refractivity contribution in [2.45, 2.75) is 48.4 Å². The lowest BCUT2D eigenvalue weighted by Crippen LogP contribution is -2.36. The standard InChI is InChI=1S/C22H26F3NO5S2/c1-4-11-26(33(29,30)19-8-5-17(6-9-19)22(23,24)25)13-16(3)32-18-7-10-20(15(2)12-18)31-14-21(27)28/h5-10,12,16H,4,11,13-14H2,1-3H3,(H,27,28). The van der Waals surface area contributed by atoms with E-state index in [1.165, 1.54) is 16.1 Å². The number of aryl methyl sites for hydroxylation is 1. The third-order valence-electron chi connectivity index (χ3n) is 4.59. The summed E-state index contributed by atoms with van der Waals surface area (Å²) in [6.07, 6.45) is -3.99. The van der Waals surface area contributed by atoms with E-state index in [2.05, 4.69) is 0 Å². The smallest absolute Gasteiger partial charge is 0.416 e. The molecule has 0 bridgehead atoms. The van der Waals surface area contributed by atoms with Crippen molar-refractivity contribution < 1.29 is 36.2 Å². The maximum Gasteiger partial charge on any atom is 0.416 e. The number of nitrogens with zero attached hydrogens (tertiary/aromatic N) is 1. The highest BCUT2D eigenvalue weighted by Gasteiger charge is 2.32. The largest absolute Gasteiger partial charge is 0.482 e. The summed E-state index contributed by atoms with van der Waals surface area (Å²) in [5.74, 6) is -0.626. The second kappa shape index (κ2) is 11.3. The van der Waals surface area contributed by atoms with E-state index in [1.54, 1.807) is 19.1 Å². The van der Waals surface area contributed by atoms with Crippen molar-refractivity contribution in [3.8, 4) is 5.75 Å². The van der Waals surface area contributed by atoms with E-state index >= 15 is 0 Å². The number of carbonyl (C=O) groups is 1. The fourth-order valence-corrected chi connectivity index (χ4v) is 5.90. The van der Waals surface area contributed by atoms with Gasteiger partial charge in [0.1, 0.15) is 5.75 Å². The summed E-state index contributed by atoms with van der Waals surface area (Å²) in [7, 11) is -3.97. The van der Waals surface area contributed by atoms with E-state index in [9.17, 15) is 26.4 Å². The number of carboxylic acid groups (broad SMARTS) is 1. The van der Waals surface area contributed by atoms with Gasteiger partial charge in [0.2, 0.25) is 10.0 Å². The zero-order chi connectivity index (χ0) is 24.8. The summed E-state index contributed by atoms with van der Waals surface area (Å²) < 4.78 is 71.1. The lowest BCUT2D eigenvalue weighted by Gasteiger charge is -2.25. The zero-order valence-electron chi connectivity index (χ0n) is 18.4. The van der Waals surface area contributed by atoms with Crippen LogP contribution in [0.2, 0.25) is 0 Å². The second-order valence-corrected chi connectivity index (χ2v) is 10.9. The van der Waals surface area contributed by atoms with Crippen LogP contribution in [0.15, 0.2) is 52.3 Å². The van der Waals surface area contributed by atoms with Gasteiger partial charge in [-0.25, -0.2) is 13.2 Å². The molecule has 0 saturated carbocycles. The average molecular weight is 506 g/mol. The first-order chi connectivity index (χ1) is 15.3. The predicted octanol–water partition coefficient (Wildman–Crippen LogP) is 5.06. The third-order valence-corrected chi connectivity index (χ3v) is 7.54. The number of aliphatic carboxylic acids is 1. The Morgan fingerprint density at radius 3 is 2.33 bits per heavy atom. The van der Waals surface area contributed by atoms with Gasteiger partial charge in [-0.15, -0.1) is 11.8 Å². The first-order valence-corrected chi connectivity index (χ1v) is 12.5. The van der Waals surface area contributed by atoms with Crippen molar-refractivity contribution in [2.24, 2.45) is 0 Å². The number of ether oxygens (including phenoxy) is 1. The second-order valence-electron chi connectivity index (χ2n) is 7.42. The number of hydrogen-bond donors (Lipinski definition) is 1. The van der Waals surface area contributed by atoms with Gasteiger partial charge in [0, 0.05) is 23.2 Å². The Morgan fingerprint density at radius 1 is 1.18 bits per heavy atom. The molecule has 6 nitrogen and oxygen atoms in total. The first-order valence-electron chi connectivity index (χ1n) is 10.1. The quantitative estimate of drug-likeness (QED) is 0.430. The summed E-state index contributed by atoms with van der Waals surface area (Å²) >= 11 is 1.44. The van der Waals surface area contributed by atoms with Gasteiger partial charge in [0.05, 0.1) is 10.5 Å². The summed E-state index contributed by atoms with van der Waals surface area (Å²) in [5, 5.41) is 8.57. The molecule has 33 heavy (non-hydrogen) atoms. The Hall–Kier alpha value is -2.24. The number of alkyl halides is 3. The van der Waals surface area contributed by atoms with Gasteiger partial charge in [0.15, 0.2) is 6.61 Å². The Labute approximate surface area is 195 Å². The van der Waals surface area contributed by atoms with Crippen LogP contribution in [0.5, 0.6) is 5.75 Å². The van der Waals surface area contributed by atoms with Gasteiger partial charge in [0.25, 0.3) is 0 Å². The SMILES string of the molecule is CCCN(CC(C)Sc1ccc(OCC(=O)O)c(C)c1)S(=O)(=O)c1ccc(C(F)(F)F)cc1. The summed E-state index contributed by atoms with van der Waals surface area (Å²) in [5.41, 5.74) is -0.158. The fraction of sp³-hybridized carbons (Fsp3) is 0.409. The Morgan fingerprint density at radius 2 is 1.82 bits per heavy atom. The molecule has 0 radical (unpaired) electrons. The Kier molecular flexibility index (Phi) is 9.21. The minimum Gasteiger partial charge on any atom is -0.482 e. The lowest BCUT2D eigenvalue weighted by atomic mass is 10.2. The molecule has 0 amide bonds. The molecule has 182 valence electrons. The average Bonchev–Trinajstić information content (AvgIpc) is 2.72. The van der Waals surface area contributed by atoms with Crippen molar-refractivity contribution in [3.63, 3.8) is 0 Å². The highest BCUT2D eigenvalue weighted by Crippen LogP contribution is 2.32. The monoisotopic (exact) mass is 505 g/mol. The maximum atomic E-state index is 13.1. The number of sulfonamides is 1. The topological polar surface area (TPSA) is 83.9 Å². The number of halogens is 3. The van der Waals surface area contributed by atoms with Gasteiger partial charge in [-0.1, -0.05) is 13.8 Å². The van der Waals surface area contributed by atoms with Gasteiger partial charge >= 0.3 is 12.1 Å². The van der Waals surface area contributed by atoms with Gasteiger partial charge in [-0.05, 0) is 61.4 Å². The van der Waals surface area contributed by atoms with E-state index < -0.39 is 34.3 Å². The molecule has 2 aromatic carbocycles. The van der Waals surface area contributed by atoms with Crippen LogP contribution in [0.4, 0.5) is 13.2 Å². The molecular formula is C22H26F3NO5S2. The molecule has 0 heterocycles. The van der Waals surface area contributed by atoms with E-state index in [-0.39, 0.29) is 23.2 Å². The van der Waals surface area contributed by atoms with Crippen molar-refractivity contribution >= 4 is 27.8 Å². The molecule has 2 rings (SSSR count). The van der Waals surface area contributed by atoms with Crippen molar-refractivity contribution in [1.29, 1.82) is 0 Å². The number of hydrogen-bond acceptors (Lipinski definition) is 5. The minimum absolute atomic E-state index is 0.161. The molecule has 0 aromatic heterocycles. The molecule has 2 aromatic rings. The van der Waals surface area contributed by atoms with E-state index in [0.717, 1.165) is 34.7 Å². The van der Waals surface area contributed by atoms with E-state index in [0.29, 0.717) is 12.2 Å². The number of rotatable bonds is 11. The van der Waals surface area contributed by atoms with Crippen LogP contribution in [0, 0.1) is 6.92 Å². The number of thioether (sulfide) groups is 1. The molecule has 0 aliphatic rings. The van der Waals surface area contributed by atoms with Crippen LogP contribution >= 0.6 is 11.8 Å². The highest BCUT2D eigenvalue weighted by molar-refractivity contribution is 8.00. The molecule has 1 N–H and O–H groups in total. The van der Waals surface area contributed by atoms with Crippen molar-refractivity contribution in [3.05, 3.63) is 53.6 Å². The highest BCUT2D eigenvalue weighted by atomic mass is 32.2. The number of carboxylic acids is 1. The van der Waals surface area contributed by atoms with Crippen LogP contribution < -0.4 is 4.74 Å². The molecule has 11 heteroatoms. The van der Waals surface area contributed by atoms with Gasteiger partial charge in [-0.3, -0.25) is 0 Å². The van der Waals surface area contributed by atoms with E-state index in [1.807, 2.05) is 19.9 Å². The minimum atomic E-state index is -4.54. The van der Waals surface area contributed by atoms with Crippen LogP contribution in [-0.4, -0.2) is 48.7 Å². The zero-order valence-corrected chi connectivity index (χ0v) is 20.1. The normalized spacial score (nSPS) is 13.2. The molecular weight excluding hydrogens is 479 g/mol. The predicted molar refractivity (Wildman–Crippen MR) is 120 cm³/mol. The van der Waals surface area contributed by atoms with Crippen molar-refractivity contribution in [2.75, 3.05) is 19.7 Å². The van der Waals surface area contributed by atoms with Crippen LogP contribution in [0.3, 0.4) is 0 Å². The number of benzene rings is 2. The molecule has 0 fully saturated rings. The van der Waals surface area contributed by atoms with E-state index in [4.69, 9.17) is 9.84 Å². The molecule has 1 unspecified atom stereocenters. The van der Waals surface area contributed by atoms with Crippen LogP contribution in [0.25, 0.3) is 0 Å². The summed E-state index contributed by atoms with van der Waals surface area (Å²) in [6, 6.07) is 8.76. The fourth-order valence-electron chi connectivity index (χ4n) is 3.08. The molecule has 0 spiro atoms. The Bertz CT molecular complexity index is 1060. The first kappa shape index (κ1) is 27.0. The molecule has 1 atom stereocenters.